The molecular weight excluding hydrogens is 582 g/mol. The third-order valence-corrected chi connectivity index (χ3v) is 14.1. The van der Waals surface area contributed by atoms with Gasteiger partial charge in [-0.05, 0) is 136 Å². The molecule has 0 radical (unpaired) electrons. The summed E-state index contributed by atoms with van der Waals surface area (Å²) in [6.07, 6.45) is 17.5. The van der Waals surface area contributed by atoms with Crippen LogP contribution in [0.25, 0.3) is 0 Å². The molecular formula is C42H59NO4. The van der Waals surface area contributed by atoms with Crippen LogP contribution in [0.1, 0.15) is 98.4 Å². The lowest BCUT2D eigenvalue weighted by atomic mass is 9.33. The first-order chi connectivity index (χ1) is 23.1. The van der Waals surface area contributed by atoms with Crippen LogP contribution in [0.15, 0.2) is 42.5 Å². The molecule has 2 aromatic carbocycles. The van der Waals surface area contributed by atoms with Crippen LogP contribution in [-0.4, -0.2) is 70.3 Å². The summed E-state index contributed by atoms with van der Waals surface area (Å²) in [4.78, 5) is 3.00. The number of fused-ring (bicyclic) bond motifs is 2. The number of methoxy groups -OCH3 is 2. The van der Waals surface area contributed by atoms with Gasteiger partial charge in [-0.15, -0.1) is 0 Å². The van der Waals surface area contributed by atoms with Gasteiger partial charge in [0.15, 0.2) is 0 Å². The minimum absolute atomic E-state index is 0.0936. The van der Waals surface area contributed by atoms with Crippen molar-refractivity contribution in [2.24, 2.45) is 23.2 Å². The number of aryl methyl sites for hydroxylation is 1. The van der Waals surface area contributed by atoms with Crippen molar-refractivity contribution >= 4 is 0 Å². The molecule has 6 atom stereocenters. The minimum atomic E-state index is -0.0936. The number of rotatable bonds is 18. The molecule has 5 fully saturated rings. The summed E-state index contributed by atoms with van der Waals surface area (Å²) in [5.74, 6) is 1.96. The molecule has 0 amide bonds. The fourth-order valence-corrected chi connectivity index (χ4v) is 12.0. The Labute approximate surface area is 284 Å². The maximum absolute atomic E-state index is 6.91. The number of piperidine rings is 1. The molecule has 4 bridgehead atoms. The zero-order chi connectivity index (χ0) is 31.9. The van der Waals surface area contributed by atoms with Crippen molar-refractivity contribution in [3.05, 3.63) is 70.3 Å². The van der Waals surface area contributed by atoms with E-state index in [1.165, 1.54) is 89.3 Å². The largest absolute Gasteiger partial charge is 0.385 e. The summed E-state index contributed by atoms with van der Waals surface area (Å²) in [7, 11) is 3.83. The van der Waals surface area contributed by atoms with E-state index in [0.717, 1.165) is 51.6 Å². The smallest absolute Gasteiger partial charge is 0.0769 e. The lowest BCUT2D eigenvalue weighted by molar-refractivity contribution is -0.276. The average Bonchev–Trinajstić information content (AvgIpc) is 3.84. The Kier molecular flexibility index (Phi) is 9.33. The molecule has 1 saturated heterocycles. The fourth-order valence-electron chi connectivity index (χ4n) is 12.0. The summed E-state index contributed by atoms with van der Waals surface area (Å²) >= 11 is 0. The highest BCUT2D eigenvalue weighted by Crippen LogP contribution is 2.77. The van der Waals surface area contributed by atoms with Crippen LogP contribution in [0, 0.1) is 23.2 Å². The van der Waals surface area contributed by atoms with Crippen LogP contribution >= 0.6 is 0 Å². The summed E-state index contributed by atoms with van der Waals surface area (Å²) in [6.45, 7) is 6.75. The standard InChI is InChI=1S/C42H59NO4/c1-44-22-8-4-9-23-46-24-10-7-13-33-16-17-34-25-38-40-18-19-42(45-2,35(27-40)30-47-29-32-11-5-3-6-12-32)37-26-36(33)39(34)41(37,40)20-21-43(38)28-31-14-15-31/h3,5-6,11-12,16-17,31,35,37-38H,4,7-10,13-15,18-30H2,1-2H3. The predicted molar refractivity (Wildman–Crippen MR) is 187 cm³/mol. The van der Waals surface area contributed by atoms with Crippen molar-refractivity contribution in [3.63, 3.8) is 0 Å². The molecule has 47 heavy (non-hydrogen) atoms. The van der Waals surface area contributed by atoms with Crippen molar-refractivity contribution in [2.45, 2.75) is 114 Å². The molecule has 5 heteroatoms. The molecule has 7 aliphatic rings. The molecule has 6 aliphatic carbocycles. The normalized spacial score (nSPS) is 33.4. The first kappa shape index (κ1) is 32.4. The van der Waals surface area contributed by atoms with Crippen LogP contribution in [-0.2, 0) is 50.2 Å². The number of benzene rings is 2. The first-order valence-electron chi connectivity index (χ1n) is 19.3. The quantitative estimate of drug-likeness (QED) is 0.156. The number of likely N-dealkylation sites (tertiary alicyclic amines) is 1. The fraction of sp³-hybridized carbons (Fsp3) is 0.714. The Morgan fingerprint density at radius 3 is 2.47 bits per heavy atom. The summed E-state index contributed by atoms with van der Waals surface area (Å²) in [5, 5.41) is 0. The van der Waals surface area contributed by atoms with E-state index in [2.05, 4.69) is 47.4 Å². The maximum atomic E-state index is 6.91. The van der Waals surface area contributed by atoms with Crippen molar-refractivity contribution in [1.29, 1.82) is 0 Å². The Morgan fingerprint density at radius 1 is 0.830 bits per heavy atom. The number of nitrogens with zero attached hydrogens (tertiary/aromatic N) is 1. The van der Waals surface area contributed by atoms with Crippen LogP contribution in [0.3, 0.4) is 0 Å². The van der Waals surface area contributed by atoms with Crippen molar-refractivity contribution in [1.82, 2.24) is 4.90 Å². The third kappa shape index (κ3) is 5.46. The minimum Gasteiger partial charge on any atom is -0.385 e. The van der Waals surface area contributed by atoms with Gasteiger partial charge >= 0.3 is 0 Å². The second-order valence-electron chi connectivity index (χ2n) is 16.2. The Hall–Kier alpha value is -1.76. The van der Waals surface area contributed by atoms with E-state index < -0.39 is 0 Å². The van der Waals surface area contributed by atoms with Crippen molar-refractivity contribution in [2.75, 3.05) is 53.7 Å². The van der Waals surface area contributed by atoms with E-state index in [1.54, 1.807) is 23.8 Å². The Morgan fingerprint density at radius 2 is 1.66 bits per heavy atom. The van der Waals surface area contributed by atoms with Gasteiger partial charge in [0.05, 0.1) is 18.8 Å². The molecule has 1 heterocycles. The predicted octanol–water partition coefficient (Wildman–Crippen LogP) is 7.70. The lowest BCUT2D eigenvalue weighted by Gasteiger charge is -2.75. The van der Waals surface area contributed by atoms with Gasteiger partial charge in [-0.25, -0.2) is 0 Å². The number of unbranched alkanes of at least 4 members (excludes halogenated alkanes) is 3. The van der Waals surface area contributed by atoms with E-state index in [0.29, 0.717) is 29.9 Å². The molecule has 6 unspecified atom stereocenters. The Bertz CT molecular complexity index is 1380. The molecule has 4 saturated carbocycles. The van der Waals surface area contributed by atoms with Gasteiger partial charge in [-0.1, -0.05) is 42.5 Å². The molecule has 0 N–H and O–H groups in total. The van der Waals surface area contributed by atoms with Gasteiger partial charge in [-0.3, -0.25) is 4.90 Å². The second-order valence-corrected chi connectivity index (χ2v) is 16.2. The van der Waals surface area contributed by atoms with Crippen LogP contribution in [0.5, 0.6) is 0 Å². The van der Waals surface area contributed by atoms with Gasteiger partial charge < -0.3 is 18.9 Å². The van der Waals surface area contributed by atoms with Crippen molar-refractivity contribution in [3.8, 4) is 0 Å². The summed E-state index contributed by atoms with van der Waals surface area (Å²) in [5.41, 5.74) is 8.67. The summed E-state index contributed by atoms with van der Waals surface area (Å²) in [6, 6.07) is 16.5. The number of hydrogen-bond acceptors (Lipinski definition) is 5. The first-order valence-corrected chi connectivity index (χ1v) is 19.3. The lowest BCUT2D eigenvalue weighted by Crippen LogP contribution is -2.78. The average molecular weight is 642 g/mol. The van der Waals surface area contributed by atoms with E-state index >= 15 is 0 Å². The van der Waals surface area contributed by atoms with E-state index in [-0.39, 0.29) is 11.0 Å². The topological polar surface area (TPSA) is 40.2 Å². The van der Waals surface area contributed by atoms with Gasteiger partial charge in [0.25, 0.3) is 0 Å². The van der Waals surface area contributed by atoms with Gasteiger partial charge in [0, 0.05) is 63.9 Å². The monoisotopic (exact) mass is 641 g/mol. The molecule has 5 nitrogen and oxygen atoms in total. The highest BCUT2D eigenvalue weighted by Gasteiger charge is 2.78. The molecule has 0 aromatic heterocycles. The van der Waals surface area contributed by atoms with Crippen LogP contribution < -0.4 is 0 Å². The Balaban J connectivity index is 1.04. The van der Waals surface area contributed by atoms with Crippen LogP contribution in [0.4, 0.5) is 0 Å². The van der Waals surface area contributed by atoms with Crippen molar-refractivity contribution < 1.29 is 18.9 Å². The van der Waals surface area contributed by atoms with E-state index in [1.807, 2.05) is 12.7 Å². The molecule has 2 spiro atoms. The third-order valence-electron chi connectivity index (χ3n) is 14.1. The summed E-state index contributed by atoms with van der Waals surface area (Å²) < 4.78 is 24.7. The van der Waals surface area contributed by atoms with Gasteiger partial charge in [0.2, 0.25) is 0 Å². The van der Waals surface area contributed by atoms with Gasteiger partial charge in [-0.2, -0.15) is 0 Å². The zero-order valence-electron chi connectivity index (χ0n) is 29.3. The SMILES string of the molecule is COCCCCCOCCCCc1ccc2c3c1CC1C4(OC)CCC5(CC4COCc4ccccc4)C(C2)N(CC2CC2)CCC315. The second kappa shape index (κ2) is 13.5. The number of ether oxygens (including phenoxy) is 4. The maximum Gasteiger partial charge on any atom is 0.0769 e. The van der Waals surface area contributed by atoms with Crippen LogP contribution in [0.2, 0.25) is 0 Å². The molecule has 9 rings (SSSR count). The molecule has 256 valence electrons. The molecule has 1 aliphatic heterocycles. The molecule has 2 aromatic rings. The van der Waals surface area contributed by atoms with Gasteiger partial charge in [0.1, 0.15) is 0 Å². The number of hydrogen-bond donors (Lipinski definition) is 0. The highest BCUT2D eigenvalue weighted by atomic mass is 16.5. The van der Waals surface area contributed by atoms with E-state index in [4.69, 9.17) is 18.9 Å². The van der Waals surface area contributed by atoms with E-state index in [9.17, 15) is 0 Å². The zero-order valence-corrected chi connectivity index (χ0v) is 29.3. The highest BCUT2D eigenvalue weighted by molar-refractivity contribution is 5.58.